The Bertz CT molecular complexity index is 444. The first-order chi connectivity index (χ1) is 10.2. The molecule has 2 unspecified atom stereocenters. The van der Waals surface area contributed by atoms with Crippen molar-refractivity contribution >= 4 is 16.5 Å². The molecule has 1 aromatic carbocycles. The van der Waals surface area contributed by atoms with Gasteiger partial charge in [-0.2, -0.15) is 0 Å². The molecule has 4 nitrogen and oxygen atoms in total. The standard InChI is InChI=1S/C16H26N2O2S/c1-14(21(2)19)7-8-17-13-15-3-5-16(6-4-15)18-9-11-20-12-10-18/h3-6,14,17H,7-13H2,1-2H3. The number of hydrogen-bond donors (Lipinski definition) is 1. The van der Waals surface area contributed by atoms with Crippen molar-refractivity contribution in [3.63, 3.8) is 0 Å². The average Bonchev–Trinajstić information content (AvgIpc) is 2.52. The first kappa shape index (κ1) is 16.5. The van der Waals surface area contributed by atoms with Crippen molar-refractivity contribution < 1.29 is 8.95 Å². The fraction of sp³-hybridized carbons (Fsp3) is 0.625. The van der Waals surface area contributed by atoms with Crippen LogP contribution in [-0.4, -0.2) is 48.6 Å². The van der Waals surface area contributed by atoms with Gasteiger partial charge in [-0.15, -0.1) is 0 Å². The summed E-state index contributed by atoms with van der Waals surface area (Å²) in [5, 5.41) is 3.68. The number of nitrogens with zero attached hydrogens (tertiary/aromatic N) is 1. The fourth-order valence-corrected chi connectivity index (χ4v) is 2.80. The van der Waals surface area contributed by atoms with Crippen molar-refractivity contribution in [2.45, 2.75) is 25.1 Å². The number of morpholine rings is 1. The molecule has 2 atom stereocenters. The summed E-state index contributed by atoms with van der Waals surface area (Å²) in [6.45, 7) is 7.40. The second-order valence-electron chi connectivity index (χ2n) is 5.54. The van der Waals surface area contributed by atoms with Crippen LogP contribution in [0.4, 0.5) is 5.69 Å². The smallest absolute Gasteiger partial charge is 0.0642 e. The molecule has 1 saturated heterocycles. The number of hydrogen-bond acceptors (Lipinski definition) is 4. The van der Waals surface area contributed by atoms with Crippen LogP contribution < -0.4 is 10.2 Å². The lowest BCUT2D eigenvalue weighted by Crippen LogP contribution is -2.36. The summed E-state index contributed by atoms with van der Waals surface area (Å²) in [5.41, 5.74) is 2.56. The average molecular weight is 310 g/mol. The molecule has 0 bridgehead atoms. The van der Waals surface area contributed by atoms with Crippen molar-refractivity contribution in [3.8, 4) is 0 Å². The van der Waals surface area contributed by atoms with Gasteiger partial charge in [0.05, 0.1) is 13.2 Å². The minimum atomic E-state index is -0.720. The summed E-state index contributed by atoms with van der Waals surface area (Å²) in [6.07, 6.45) is 2.73. The van der Waals surface area contributed by atoms with Gasteiger partial charge in [0.15, 0.2) is 0 Å². The molecule has 0 radical (unpaired) electrons. The predicted molar refractivity (Wildman–Crippen MR) is 89.3 cm³/mol. The van der Waals surface area contributed by atoms with E-state index in [0.717, 1.165) is 45.8 Å². The molecule has 1 aliphatic rings. The van der Waals surface area contributed by atoms with Crippen LogP contribution in [0.5, 0.6) is 0 Å². The summed E-state index contributed by atoms with van der Waals surface area (Å²) in [6, 6.07) is 8.73. The van der Waals surface area contributed by atoms with E-state index < -0.39 is 10.8 Å². The molecule has 0 aromatic heterocycles. The number of rotatable bonds is 7. The number of nitrogens with one attached hydrogen (secondary N) is 1. The van der Waals surface area contributed by atoms with Crippen LogP contribution in [0.3, 0.4) is 0 Å². The molecule has 0 saturated carbocycles. The molecule has 0 spiro atoms. The Balaban J connectivity index is 1.73. The molecular weight excluding hydrogens is 284 g/mol. The molecule has 1 heterocycles. The topological polar surface area (TPSA) is 41.6 Å². The molecule has 2 rings (SSSR count). The van der Waals surface area contributed by atoms with Crippen molar-refractivity contribution in [1.29, 1.82) is 0 Å². The maximum atomic E-state index is 11.3. The zero-order valence-corrected chi connectivity index (χ0v) is 13.8. The van der Waals surface area contributed by atoms with Crippen molar-refractivity contribution in [1.82, 2.24) is 5.32 Å². The van der Waals surface area contributed by atoms with Gasteiger partial charge in [-0.1, -0.05) is 19.1 Å². The molecule has 118 valence electrons. The Labute approximate surface area is 130 Å². The van der Waals surface area contributed by atoms with E-state index in [4.69, 9.17) is 4.74 Å². The molecule has 1 fully saturated rings. The number of benzene rings is 1. The minimum Gasteiger partial charge on any atom is -0.378 e. The van der Waals surface area contributed by atoms with E-state index in [-0.39, 0.29) is 5.25 Å². The minimum absolute atomic E-state index is 0.265. The molecular formula is C16H26N2O2S. The summed E-state index contributed by atoms with van der Waals surface area (Å²) >= 11 is 0. The van der Waals surface area contributed by atoms with Gasteiger partial charge in [0.2, 0.25) is 0 Å². The molecule has 1 aliphatic heterocycles. The second kappa shape index (κ2) is 8.51. The van der Waals surface area contributed by atoms with E-state index in [9.17, 15) is 4.21 Å². The Kier molecular flexibility index (Phi) is 6.67. The van der Waals surface area contributed by atoms with Gasteiger partial charge in [-0.05, 0) is 30.7 Å². The van der Waals surface area contributed by atoms with Crippen molar-refractivity contribution in [2.75, 3.05) is 44.0 Å². The van der Waals surface area contributed by atoms with Gasteiger partial charge in [-0.25, -0.2) is 0 Å². The monoisotopic (exact) mass is 310 g/mol. The highest BCUT2D eigenvalue weighted by Crippen LogP contribution is 2.16. The van der Waals surface area contributed by atoms with Crippen LogP contribution in [0.2, 0.25) is 0 Å². The van der Waals surface area contributed by atoms with Gasteiger partial charge in [0, 0.05) is 47.6 Å². The third kappa shape index (κ3) is 5.41. The molecule has 0 amide bonds. The van der Waals surface area contributed by atoms with Gasteiger partial charge in [0.1, 0.15) is 0 Å². The number of anilines is 1. The predicted octanol–water partition coefficient (Wildman–Crippen LogP) is 1.77. The summed E-state index contributed by atoms with van der Waals surface area (Å²) < 4.78 is 16.6. The largest absolute Gasteiger partial charge is 0.378 e. The summed E-state index contributed by atoms with van der Waals surface area (Å²) in [5.74, 6) is 0. The molecule has 0 aliphatic carbocycles. The van der Waals surface area contributed by atoms with E-state index in [0.29, 0.717) is 0 Å². The Morgan fingerprint density at radius 3 is 2.57 bits per heavy atom. The maximum Gasteiger partial charge on any atom is 0.0642 e. The van der Waals surface area contributed by atoms with Crippen LogP contribution >= 0.6 is 0 Å². The van der Waals surface area contributed by atoms with E-state index in [2.05, 4.69) is 34.5 Å². The highest BCUT2D eigenvalue weighted by Gasteiger charge is 2.10. The third-order valence-corrected chi connectivity index (χ3v) is 5.30. The lowest BCUT2D eigenvalue weighted by Gasteiger charge is -2.28. The fourth-order valence-electron chi connectivity index (χ4n) is 2.35. The van der Waals surface area contributed by atoms with Crippen molar-refractivity contribution in [3.05, 3.63) is 29.8 Å². The molecule has 1 N–H and O–H groups in total. The molecule has 1 aromatic rings. The van der Waals surface area contributed by atoms with E-state index in [1.54, 1.807) is 6.26 Å². The van der Waals surface area contributed by atoms with Crippen molar-refractivity contribution in [2.24, 2.45) is 0 Å². The first-order valence-electron chi connectivity index (χ1n) is 7.61. The Morgan fingerprint density at radius 2 is 1.95 bits per heavy atom. The highest BCUT2D eigenvalue weighted by molar-refractivity contribution is 7.84. The van der Waals surface area contributed by atoms with Gasteiger partial charge in [-0.3, -0.25) is 4.21 Å². The third-order valence-electron chi connectivity index (χ3n) is 3.94. The van der Waals surface area contributed by atoms with Crippen LogP contribution in [0, 0.1) is 0 Å². The highest BCUT2D eigenvalue weighted by atomic mass is 32.2. The van der Waals surface area contributed by atoms with E-state index in [1.807, 2.05) is 6.92 Å². The van der Waals surface area contributed by atoms with Crippen LogP contribution in [-0.2, 0) is 22.1 Å². The van der Waals surface area contributed by atoms with Crippen LogP contribution in [0.25, 0.3) is 0 Å². The lowest BCUT2D eigenvalue weighted by molar-refractivity contribution is 0.122. The maximum absolute atomic E-state index is 11.3. The van der Waals surface area contributed by atoms with Crippen LogP contribution in [0.1, 0.15) is 18.9 Å². The van der Waals surface area contributed by atoms with Gasteiger partial charge >= 0.3 is 0 Å². The van der Waals surface area contributed by atoms with E-state index in [1.165, 1.54) is 11.3 Å². The Morgan fingerprint density at radius 1 is 1.29 bits per heavy atom. The second-order valence-corrected chi connectivity index (χ2v) is 7.34. The Hall–Kier alpha value is -0.910. The lowest BCUT2D eigenvalue weighted by atomic mass is 10.2. The number of ether oxygens (including phenoxy) is 1. The first-order valence-corrected chi connectivity index (χ1v) is 9.23. The summed E-state index contributed by atoms with van der Waals surface area (Å²) in [4.78, 5) is 2.36. The van der Waals surface area contributed by atoms with Gasteiger partial charge < -0.3 is 15.0 Å². The molecule has 21 heavy (non-hydrogen) atoms. The van der Waals surface area contributed by atoms with Gasteiger partial charge in [0.25, 0.3) is 0 Å². The zero-order valence-electron chi connectivity index (χ0n) is 13.0. The van der Waals surface area contributed by atoms with Crippen LogP contribution in [0.15, 0.2) is 24.3 Å². The normalized spacial score (nSPS) is 18.5. The SMILES string of the molecule is CC(CCNCc1ccc(N2CCOCC2)cc1)S(C)=O. The quantitative estimate of drug-likeness (QED) is 0.780. The summed E-state index contributed by atoms with van der Waals surface area (Å²) in [7, 11) is -0.720. The molecule has 5 heteroatoms. The zero-order chi connectivity index (χ0) is 15.1. The van der Waals surface area contributed by atoms with E-state index >= 15 is 0 Å².